The van der Waals surface area contributed by atoms with Gasteiger partial charge in [-0.25, -0.2) is 0 Å². The maximum absolute atomic E-state index is 9.82. The number of halogens is 2. The summed E-state index contributed by atoms with van der Waals surface area (Å²) in [4.78, 5) is 9.82. The molecule has 0 rings (SSSR count). The van der Waals surface area contributed by atoms with Crippen molar-refractivity contribution < 1.29 is 25.6 Å². The molecule has 0 heterocycles. The van der Waals surface area contributed by atoms with Crippen LogP contribution in [0.4, 0.5) is 0 Å². The Hall–Kier alpha value is 0.933. The molecule has 0 bridgehead atoms. The molecule has 9 heavy (non-hydrogen) atoms. The third-order valence-corrected chi connectivity index (χ3v) is 0.496. The normalized spacial score (nSPS) is 7.00. The molecule has 0 aromatic carbocycles. The molecular weight excluding hydrogens is 240 g/mol. The second-order valence-corrected chi connectivity index (χ2v) is 5.02. The molecule has 54 valence electrons. The summed E-state index contributed by atoms with van der Waals surface area (Å²) in [6.07, 6.45) is 1.37. The Morgan fingerprint density at radius 1 is 1.67 bits per heavy atom. The Morgan fingerprint density at radius 2 is 2.00 bits per heavy atom. The van der Waals surface area contributed by atoms with Gasteiger partial charge in [0.15, 0.2) is 0 Å². The molecule has 2 N–H and O–H groups in total. The number of primary amides is 1. The zero-order valence-corrected chi connectivity index (χ0v) is 9.13. The molecule has 5 heteroatoms. The monoisotopic (exact) mass is 247 g/mol. The predicted molar refractivity (Wildman–Crippen MR) is 35.8 cm³/mol. The van der Waals surface area contributed by atoms with Crippen molar-refractivity contribution in [3.05, 3.63) is 0 Å². The summed E-state index contributed by atoms with van der Waals surface area (Å²) < 4.78 is 0. The average Bonchev–Trinajstić information content (AvgIpc) is 1.67. The first kappa shape index (κ1) is 12.6. The number of rotatable bonds is 2. The zero-order valence-electron chi connectivity index (χ0n) is 5.16. The third-order valence-electron chi connectivity index (χ3n) is 0.496. The molecule has 0 radical (unpaired) electrons. The molecule has 0 aromatic heterocycles. The van der Waals surface area contributed by atoms with Crippen LogP contribution in [-0.4, -0.2) is 5.91 Å². The van der Waals surface area contributed by atoms with Crippen molar-refractivity contribution in [1.82, 2.24) is 0 Å². The molecule has 0 saturated carbocycles. The molecule has 0 unspecified atom stereocenters. The number of amides is 1. The van der Waals surface area contributed by atoms with E-state index in [4.69, 9.17) is 22.8 Å². The summed E-state index contributed by atoms with van der Waals surface area (Å²) in [5, 5.41) is 0. The molecule has 0 aliphatic carbocycles. The van der Waals surface area contributed by atoms with Gasteiger partial charge in [0.25, 0.3) is 0 Å². The fraction of sp³-hybridized carbons (Fsp3) is 0.750. The molecule has 0 fully saturated rings. The van der Waals surface area contributed by atoms with Gasteiger partial charge in [-0.15, -0.1) is 0 Å². The first-order chi connectivity index (χ1) is 4.18. The Labute approximate surface area is 73.7 Å². The SMILES string of the molecule is CCCC(N)=O.[Cl][Zr][Cl]. The van der Waals surface area contributed by atoms with Crippen LogP contribution in [0.15, 0.2) is 0 Å². The quantitative estimate of drug-likeness (QED) is 0.794. The number of carbonyl (C=O) groups is 1. The summed E-state index contributed by atoms with van der Waals surface area (Å²) >= 11 is -0.826. The molecule has 0 spiro atoms. The van der Waals surface area contributed by atoms with Crippen molar-refractivity contribution in [2.24, 2.45) is 5.73 Å². The van der Waals surface area contributed by atoms with E-state index in [1.807, 2.05) is 6.92 Å². The first-order valence-corrected chi connectivity index (χ1v) is 8.76. The van der Waals surface area contributed by atoms with Crippen LogP contribution in [0.5, 0.6) is 0 Å². The molecule has 0 aliphatic heterocycles. The fourth-order valence-electron chi connectivity index (χ4n) is 0.246. The second-order valence-electron chi connectivity index (χ2n) is 1.29. The van der Waals surface area contributed by atoms with Gasteiger partial charge in [0.05, 0.1) is 0 Å². The van der Waals surface area contributed by atoms with Gasteiger partial charge in [0.2, 0.25) is 5.91 Å². The van der Waals surface area contributed by atoms with E-state index in [0.29, 0.717) is 6.42 Å². The summed E-state index contributed by atoms with van der Waals surface area (Å²) in [5.41, 5.74) is 4.76. The van der Waals surface area contributed by atoms with Crippen LogP contribution in [0.1, 0.15) is 19.8 Å². The van der Waals surface area contributed by atoms with Crippen molar-refractivity contribution in [3.63, 3.8) is 0 Å². The van der Waals surface area contributed by atoms with Gasteiger partial charge in [-0.2, -0.15) is 0 Å². The van der Waals surface area contributed by atoms with Crippen LogP contribution in [0.3, 0.4) is 0 Å². The summed E-state index contributed by atoms with van der Waals surface area (Å²) in [7, 11) is 9.87. The van der Waals surface area contributed by atoms with E-state index < -0.39 is 20.8 Å². The van der Waals surface area contributed by atoms with Crippen LogP contribution < -0.4 is 5.73 Å². The Bertz CT molecular complexity index is 71.6. The van der Waals surface area contributed by atoms with Gasteiger partial charge in [0, 0.05) is 6.42 Å². The van der Waals surface area contributed by atoms with Crippen molar-refractivity contribution in [3.8, 4) is 0 Å². The Kier molecular flexibility index (Phi) is 16.4. The average molecular weight is 249 g/mol. The van der Waals surface area contributed by atoms with E-state index in [9.17, 15) is 4.79 Å². The number of nitrogens with two attached hydrogens (primary N) is 1. The molecule has 0 saturated heterocycles. The summed E-state index contributed by atoms with van der Waals surface area (Å²) in [6.45, 7) is 1.92. The second kappa shape index (κ2) is 11.7. The van der Waals surface area contributed by atoms with Gasteiger partial charge in [-0.3, -0.25) is 4.79 Å². The minimum atomic E-state index is -0.826. The minimum absolute atomic E-state index is 0.211. The molecule has 0 aromatic rings. The van der Waals surface area contributed by atoms with E-state index in [1.54, 1.807) is 0 Å². The van der Waals surface area contributed by atoms with E-state index >= 15 is 0 Å². The number of hydrogen-bond donors (Lipinski definition) is 1. The summed E-state index contributed by atoms with van der Waals surface area (Å²) in [5.74, 6) is -0.211. The van der Waals surface area contributed by atoms with Gasteiger partial charge >= 0.3 is 37.9 Å². The van der Waals surface area contributed by atoms with Crippen molar-refractivity contribution in [2.75, 3.05) is 0 Å². The summed E-state index contributed by atoms with van der Waals surface area (Å²) in [6, 6.07) is 0. The maximum atomic E-state index is 9.82. The van der Waals surface area contributed by atoms with Crippen LogP contribution in [0, 0.1) is 0 Å². The van der Waals surface area contributed by atoms with Crippen molar-refractivity contribution in [1.29, 1.82) is 0 Å². The predicted octanol–water partition coefficient (Wildman–Crippen LogP) is 1.65. The zero-order chi connectivity index (χ0) is 7.70. The van der Waals surface area contributed by atoms with Crippen LogP contribution in [0.25, 0.3) is 0 Å². The van der Waals surface area contributed by atoms with Crippen LogP contribution in [0.2, 0.25) is 0 Å². The molecule has 0 atom stereocenters. The molecule has 1 amide bonds. The molecule has 0 aliphatic rings. The van der Waals surface area contributed by atoms with E-state index in [2.05, 4.69) is 0 Å². The Balaban J connectivity index is 0. The van der Waals surface area contributed by atoms with Gasteiger partial charge in [-0.05, 0) is 6.42 Å². The first-order valence-electron chi connectivity index (χ1n) is 2.43. The van der Waals surface area contributed by atoms with E-state index in [-0.39, 0.29) is 5.91 Å². The van der Waals surface area contributed by atoms with Gasteiger partial charge in [0.1, 0.15) is 0 Å². The number of carbonyl (C=O) groups excluding carboxylic acids is 1. The standard InChI is InChI=1S/C4H9NO.2ClH.Zr/c1-2-3-4(5)6;;;/h2-3H2,1H3,(H2,5,6);2*1H;/q;;;+2/p-2. The van der Waals surface area contributed by atoms with E-state index in [1.165, 1.54) is 0 Å². The van der Waals surface area contributed by atoms with Crippen molar-refractivity contribution in [2.45, 2.75) is 19.8 Å². The van der Waals surface area contributed by atoms with Crippen LogP contribution in [-0.2, 0) is 25.6 Å². The fourth-order valence-corrected chi connectivity index (χ4v) is 0.246. The molecule has 2 nitrogen and oxygen atoms in total. The Morgan fingerprint density at radius 3 is 2.00 bits per heavy atom. The van der Waals surface area contributed by atoms with Gasteiger partial charge < -0.3 is 5.73 Å². The van der Waals surface area contributed by atoms with Crippen LogP contribution >= 0.6 is 17.0 Å². The van der Waals surface area contributed by atoms with E-state index in [0.717, 1.165) is 6.42 Å². The third kappa shape index (κ3) is 27.8. The molecular formula is C4H9Cl2NOZr. The number of hydrogen-bond acceptors (Lipinski definition) is 1. The van der Waals surface area contributed by atoms with Gasteiger partial charge in [-0.1, -0.05) is 6.92 Å². The van der Waals surface area contributed by atoms with Crippen molar-refractivity contribution >= 4 is 22.9 Å². The topological polar surface area (TPSA) is 43.1 Å².